The third-order valence-corrected chi connectivity index (χ3v) is 5.08. The van der Waals surface area contributed by atoms with Gasteiger partial charge in [0.05, 0.1) is 11.4 Å². The molecule has 1 aromatic rings. The SMILES string of the molecule is CCCc1[nH]nc(C(=O)NC2CCC(SC)CC2)c1N. The average Bonchev–Trinajstić information content (AvgIpc) is 2.82. The van der Waals surface area contributed by atoms with Crippen molar-refractivity contribution >= 4 is 23.4 Å². The summed E-state index contributed by atoms with van der Waals surface area (Å²) in [5.41, 5.74) is 7.70. The number of thioether (sulfide) groups is 1. The summed E-state index contributed by atoms with van der Waals surface area (Å²) in [5.74, 6) is -0.145. The van der Waals surface area contributed by atoms with Crippen molar-refractivity contribution in [2.24, 2.45) is 0 Å². The van der Waals surface area contributed by atoms with Gasteiger partial charge in [-0.1, -0.05) is 13.3 Å². The van der Waals surface area contributed by atoms with Crippen LogP contribution in [0.3, 0.4) is 0 Å². The molecule has 0 unspecified atom stereocenters. The molecule has 1 amide bonds. The van der Waals surface area contributed by atoms with Crippen molar-refractivity contribution < 1.29 is 4.79 Å². The number of anilines is 1. The second-order valence-electron chi connectivity index (χ2n) is 5.40. The van der Waals surface area contributed by atoms with E-state index in [2.05, 4.69) is 28.7 Å². The van der Waals surface area contributed by atoms with Crippen LogP contribution in [0.5, 0.6) is 0 Å². The van der Waals surface area contributed by atoms with Gasteiger partial charge >= 0.3 is 0 Å². The summed E-state index contributed by atoms with van der Waals surface area (Å²) in [4.78, 5) is 12.2. The largest absolute Gasteiger partial charge is 0.395 e. The van der Waals surface area contributed by atoms with E-state index in [0.717, 1.165) is 36.6 Å². The number of aromatic amines is 1. The molecule has 0 bridgehead atoms. The topological polar surface area (TPSA) is 83.8 Å². The standard InChI is InChI=1S/C14H24N4OS/c1-3-4-11-12(15)13(18-17-11)14(19)16-9-5-7-10(20-2)8-6-9/h9-10H,3-8,15H2,1-2H3,(H,16,19)(H,17,18). The number of aryl methyl sites for hydroxylation is 1. The predicted molar refractivity (Wildman–Crippen MR) is 84.0 cm³/mol. The second kappa shape index (κ2) is 7.02. The first-order valence-electron chi connectivity index (χ1n) is 7.32. The summed E-state index contributed by atoms with van der Waals surface area (Å²) >= 11 is 1.92. The number of carbonyl (C=O) groups is 1. The van der Waals surface area contributed by atoms with E-state index >= 15 is 0 Å². The number of nitrogens with one attached hydrogen (secondary N) is 2. The number of carbonyl (C=O) groups excluding carboxylic acids is 1. The van der Waals surface area contributed by atoms with Crippen molar-refractivity contribution in [3.8, 4) is 0 Å². The average molecular weight is 296 g/mol. The summed E-state index contributed by atoms with van der Waals surface area (Å²) in [6, 6.07) is 0.261. The number of amides is 1. The van der Waals surface area contributed by atoms with E-state index in [1.54, 1.807) is 0 Å². The van der Waals surface area contributed by atoms with Crippen LogP contribution in [0.2, 0.25) is 0 Å². The normalized spacial score (nSPS) is 22.7. The Morgan fingerprint density at radius 2 is 2.15 bits per heavy atom. The van der Waals surface area contributed by atoms with E-state index < -0.39 is 0 Å². The summed E-state index contributed by atoms with van der Waals surface area (Å²) in [6.45, 7) is 2.07. The first-order chi connectivity index (χ1) is 9.65. The Morgan fingerprint density at radius 3 is 2.75 bits per heavy atom. The lowest BCUT2D eigenvalue weighted by molar-refractivity contribution is 0.0924. The van der Waals surface area contributed by atoms with E-state index in [0.29, 0.717) is 11.4 Å². The lowest BCUT2D eigenvalue weighted by Gasteiger charge is -2.27. The van der Waals surface area contributed by atoms with Gasteiger partial charge in [0.2, 0.25) is 0 Å². The van der Waals surface area contributed by atoms with Crippen molar-refractivity contribution in [3.05, 3.63) is 11.4 Å². The van der Waals surface area contributed by atoms with Gasteiger partial charge in [-0.05, 0) is 38.4 Å². The van der Waals surface area contributed by atoms with E-state index in [9.17, 15) is 4.79 Å². The molecule has 1 saturated carbocycles. The Labute approximate surface area is 124 Å². The first-order valence-corrected chi connectivity index (χ1v) is 8.60. The molecule has 4 N–H and O–H groups in total. The molecule has 1 aromatic heterocycles. The monoisotopic (exact) mass is 296 g/mol. The number of rotatable bonds is 5. The molecule has 0 aromatic carbocycles. The van der Waals surface area contributed by atoms with Crippen molar-refractivity contribution in [1.82, 2.24) is 15.5 Å². The zero-order valence-electron chi connectivity index (χ0n) is 12.2. The molecule has 112 valence electrons. The van der Waals surface area contributed by atoms with E-state index in [-0.39, 0.29) is 11.9 Å². The zero-order chi connectivity index (χ0) is 14.5. The molecule has 0 spiro atoms. The van der Waals surface area contributed by atoms with Crippen LogP contribution in [-0.2, 0) is 6.42 Å². The van der Waals surface area contributed by atoms with Crippen LogP contribution in [0.1, 0.15) is 55.2 Å². The molecule has 0 saturated heterocycles. The van der Waals surface area contributed by atoms with Crippen molar-refractivity contribution in [2.45, 2.75) is 56.7 Å². The summed E-state index contributed by atoms with van der Waals surface area (Å²) < 4.78 is 0. The maximum Gasteiger partial charge on any atom is 0.274 e. The molecular formula is C14H24N4OS. The number of nitrogens with two attached hydrogens (primary N) is 1. The van der Waals surface area contributed by atoms with Gasteiger partial charge in [-0.2, -0.15) is 16.9 Å². The highest BCUT2D eigenvalue weighted by molar-refractivity contribution is 7.99. The van der Waals surface area contributed by atoms with Gasteiger partial charge in [-0.3, -0.25) is 9.89 Å². The first kappa shape index (κ1) is 15.2. The number of hydrogen-bond acceptors (Lipinski definition) is 4. The molecule has 0 aliphatic heterocycles. The van der Waals surface area contributed by atoms with Crippen molar-refractivity contribution in [3.63, 3.8) is 0 Å². The summed E-state index contributed by atoms with van der Waals surface area (Å²) in [5, 5.41) is 10.7. The van der Waals surface area contributed by atoms with Gasteiger partial charge < -0.3 is 11.1 Å². The summed E-state index contributed by atoms with van der Waals surface area (Å²) in [6.07, 6.45) is 8.39. The molecule has 6 heteroatoms. The molecule has 20 heavy (non-hydrogen) atoms. The summed E-state index contributed by atoms with van der Waals surface area (Å²) in [7, 11) is 0. The Balaban J connectivity index is 1.92. The Kier molecular flexibility index (Phi) is 5.34. The van der Waals surface area contributed by atoms with Crippen LogP contribution in [-0.4, -0.2) is 33.7 Å². The van der Waals surface area contributed by atoms with Gasteiger partial charge in [-0.25, -0.2) is 0 Å². The van der Waals surface area contributed by atoms with Gasteiger partial charge in [0.1, 0.15) is 0 Å². The third-order valence-electron chi connectivity index (χ3n) is 3.94. The van der Waals surface area contributed by atoms with E-state index in [4.69, 9.17) is 5.73 Å². The molecule has 0 atom stereocenters. The van der Waals surface area contributed by atoms with Crippen LogP contribution in [0.4, 0.5) is 5.69 Å². The number of H-pyrrole nitrogens is 1. The molecule has 1 heterocycles. The molecule has 1 aliphatic rings. The van der Waals surface area contributed by atoms with Gasteiger partial charge in [0.15, 0.2) is 5.69 Å². The van der Waals surface area contributed by atoms with Crippen LogP contribution in [0.15, 0.2) is 0 Å². The van der Waals surface area contributed by atoms with Crippen molar-refractivity contribution in [1.29, 1.82) is 0 Å². The number of nitrogen functional groups attached to an aromatic ring is 1. The second-order valence-corrected chi connectivity index (χ2v) is 6.54. The highest BCUT2D eigenvalue weighted by Crippen LogP contribution is 2.27. The van der Waals surface area contributed by atoms with E-state index in [1.807, 2.05) is 11.8 Å². The maximum atomic E-state index is 12.2. The minimum atomic E-state index is -0.145. The van der Waals surface area contributed by atoms with Gasteiger partial charge in [-0.15, -0.1) is 0 Å². The smallest absolute Gasteiger partial charge is 0.274 e. The zero-order valence-corrected chi connectivity index (χ0v) is 13.1. The van der Waals surface area contributed by atoms with Crippen LogP contribution in [0.25, 0.3) is 0 Å². The molecule has 1 aliphatic carbocycles. The fraction of sp³-hybridized carbons (Fsp3) is 0.714. The highest BCUT2D eigenvalue weighted by atomic mass is 32.2. The molecule has 0 radical (unpaired) electrons. The third kappa shape index (κ3) is 3.48. The van der Waals surface area contributed by atoms with Crippen LogP contribution < -0.4 is 11.1 Å². The van der Waals surface area contributed by atoms with Gasteiger partial charge in [0, 0.05) is 11.3 Å². The number of nitrogens with zero attached hydrogens (tertiary/aromatic N) is 1. The van der Waals surface area contributed by atoms with Gasteiger partial charge in [0.25, 0.3) is 5.91 Å². The Hall–Kier alpha value is -1.17. The van der Waals surface area contributed by atoms with E-state index in [1.165, 1.54) is 12.8 Å². The minimum Gasteiger partial charge on any atom is -0.395 e. The van der Waals surface area contributed by atoms with Crippen LogP contribution >= 0.6 is 11.8 Å². The Bertz CT molecular complexity index is 452. The predicted octanol–water partition coefficient (Wildman–Crippen LogP) is 2.35. The fourth-order valence-corrected chi connectivity index (χ4v) is 3.44. The molecule has 1 fully saturated rings. The lowest BCUT2D eigenvalue weighted by Crippen LogP contribution is -2.38. The fourth-order valence-electron chi connectivity index (χ4n) is 2.70. The molecule has 5 nitrogen and oxygen atoms in total. The van der Waals surface area contributed by atoms with Crippen LogP contribution in [0, 0.1) is 0 Å². The highest BCUT2D eigenvalue weighted by Gasteiger charge is 2.24. The quantitative estimate of drug-likeness (QED) is 0.779. The molecule has 2 rings (SSSR count). The maximum absolute atomic E-state index is 12.2. The minimum absolute atomic E-state index is 0.145. The molecular weight excluding hydrogens is 272 g/mol. The Morgan fingerprint density at radius 1 is 1.45 bits per heavy atom. The number of aromatic nitrogens is 2. The van der Waals surface area contributed by atoms with Crippen molar-refractivity contribution in [2.75, 3.05) is 12.0 Å². The lowest BCUT2D eigenvalue weighted by atomic mass is 9.95. The number of hydrogen-bond donors (Lipinski definition) is 3.